The van der Waals surface area contributed by atoms with E-state index in [-0.39, 0.29) is 42.0 Å². The molecule has 8 rings (SSSR count). The van der Waals surface area contributed by atoms with Gasteiger partial charge in [0.05, 0.1) is 12.1 Å². The zero-order chi connectivity index (χ0) is 38.9. The number of nitrogens with one attached hydrogen (secondary N) is 1. The standard InChI is InChI=1S/C45H47F2N5O4/c1-2-35(30-6-4-3-5-7-30)41(32-10-14-34(53)15-11-32)31-8-12-33(13-9-31)50-20-18-29(19-21-50)27-49-22-24-51(25-23-49)43-38(46)26-36-37(42(43)47)28-52(45(36)56)39-16-17-40(54)48-44(39)55/h3-15,26,29,39,53H,2,16-25,27-28H2,1H3,(H,48,54,55). The number of halogens is 2. The van der Waals surface area contributed by atoms with Crippen LogP contribution in [0.15, 0.2) is 84.9 Å². The van der Waals surface area contributed by atoms with Crippen molar-refractivity contribution in [3.05, 3.63) is 124 Å². The lowest BCUT2D eigenvalue weighted by Gasteiger charge is -2.40. The van der Waals surface area contributed by atoms with Gasteiger partial charge in [0.1, 0.15) is 23.3 Å². The van der Waals surface area contributed by atoms with Gasteiger partial charge in [0.2, 0.25) is 11.8 Å². The Balaban J connectivity index is 0.873. The Hall–Kier alpha value is -5.55. The van der Waals surface area contributed by atoms with Crippen LogP contribution >= 0.6 is 0 Å². The SMILES string of the molecule is CCC(=C(c1ccc(O)cc1)c1ccc(N2CCC(CN3CCN(c4c(F)cc5c(c4F)CN(C4CCC(=O)NC4=O)C5=O)CC3)CC2)cc1)c1ccccc1. The van der Waals surface area contributed by atoms with Crippen molar-refractivity contribution in [1.29, 1.82) is 0 Å². The first-order chi connectivity index (χ1) is 27.2. The van der Waals surface area contributed by atoms with Crippen molar-refractivity contribution in [1.82, 2.24) is 15.1 Å². The molecule has 0 bridgehead atoms. The van der Waals surface area contributed by atoms with Crippen molar-refractivity contribution in [2.45, 2.75) is 51.6 Å². The maximum atomic E-state index is 16.0. The number of rotatable bonds is 9. The van der Waals surface area contributed by atoms with Gasteiger partial charge in [0, 0.05) is 63.5 Å². The van der Waals surface area contributed by atoms with E-state index in [4.69, 9.17) is 0 Å². The van der Waals surface area contributed by atoms with Gasteiger partial charge in [-0.2, -0.15) is 0 Å². The summed E-state index contributed by atoms with van der Waals surface area (Å²) < 4.78 is 31.4. The molecule has 3 saturated heterocycles. The Morgan fingerprint density at radius 3 is 2.09 bits per heavy atom. The minimum absolute atomic E-state index is 0.0567. The second kappa shape index (κ2) is 15.9. The zero-order valence-corrected chi connectivity index (χ0v) is 31.6. The normalized spacial score (nSPS) is 19.9. The first kappa shape index (κ1) is 37.4. The van der Waals surface area contributed by atoms with Gasteiger partial charge in [-0.3, -0.25) is 24.6 Å². The number of fused-ring (bicyclic) bond motifs is 1. The quantitative estimate of drug-likeness (QED) is 0.143. The fourth-order valence-corrected chi connectivity index (χ4v) is 8.95. The van der Waals surface area contributed by atoms with Crippen molar-refractivity contribution in [2.75, 3.05) is 55.6 Å². The van der Waals surface area contributed by atoms with E-state index in [0.717, 1.165) is 61.7 Å². The smallest absolute Gasteiger partial charge is 0.255 e. The number of carbonyl (C=O) groups is 3. The number of allylic oxidation sites excluding steroid dienone is 1. The number of nitrogens with zero attached hydrogens (tertiary/aromatic N) is 4. The van der Waals surface area contributed by atoms with Crippen molar-refractivity contribution in [2.24, 2.45) is 5.92 Å². The van der Waals surface area contributed by atoms with E-state index >= 15 is 8.78 Å². The number of aromatic hydroxyl groups is 1. The second-order valence-electron chi connectivity index (χ2n) is 15.3. The third-order valence-electron chi connectivity index (χ3n) is 12.0. The van der Waals surface area contributed by atoms with Crippen LogP contribution in [0.1, 0.15) is 71.6 Å². The number of piperidine rings is 2. The number of imide groups is 1. The molecule has 56 heavy (non-hydrogen) atoms. The molecular weight excluding hydrogens is 713 g/mol. The molecule has 4 heterocycles. The number of carbonyl (C=O) groups excluding carboxylic acids is 3. The van der Waals surface area contributed by atoms with Crippen LogP contribution in [-0.2, 0) is 16.1 Å². The molecule has 2 N–H and O–H groups in total. The molecule has 9 nitrogen and oxygen atoms in total. The number of hydrogen-bond donors (Lipinski definition) is 2. The summed E-state index contributed by atoms with van der Waals surface area (Å²) in [5.41, 5.74) is 6.94. The van der Waals surface area contributed by atoms with Crippen LogP contribution in [0.4, 0.5) is 20.2 Å². The first-order valence-electron chi connectivity index (χ1n) is 19.7. The Bertz CT molecular complexity index is 2140. The predicted molar refractivity (Wildman–Crippen MR) is 213 cm³/mol. The molecule has 3 amide bonds. The topological polar surface area (TPSA) is 96.4 Å². The molecule has 11 heteroatoms. The molecule has 4 aromatic rings. The highest BCUT2D eigenvalue weighted by molar-refractivity contribution is 6.05. The third-order valence-corrected chi connectivity index (χ3v) is 12.0. The average molecular weight is 760 g/mol. The molecule has 4 aromatic carbocycles. The number of anilines is 2. The van der Waals surface area contributed by atoms with Gasteiger partial charge in [0.25, 0.3) is 5.91 Å². The third kappa shape index (κ3) is 7.40. The van der Waals surface area contributed by atoms with Crippen LogP contribution in [-0.4, -0.2) is 84.5 Å². The fraction of sp³-hybridized carbons (Fsp3) is 0.356. The number of benzene rings is 4. The summed E-state index contributed by atoms with van der Waals surface area (Å²) >= 11 is 0. The maximum Gasteiger partial charge on any atom is 0.255 e. The average Bonchev–Trinajstić information content (AvgIpc) is 3.54. The molecule has 290 valence electrons. The molecule has 3 fully saturated rings. The minimum atomic E-state index is -0.887. The van der Waals surface area contributed by atoms with Crippen LogP contribution < -0.4 is 15.1 Å². The Morgan fingerprint density at radius 1 is 0.786 bits per heavy atom. The predicted octanol–water partition coefficient (Wildman–Crippen LogP) is 6.84. The molecule has 1 atom stereocenters. The van der Waals surface area contributed by atoms with Crippen molar-refractivity contribution >= 4 is 40.2 Å². The number of piperazine rings is 1. The molecule has 0 radical (unpaired) electrons. The molecule has 0 spiro atoms. The highest BCUT2D eigenvalue weighted by atomic mass is 19.1. The number of phenols is 1. The number of phenolic OH excluding ortho intramolecular Hbond substituents is 1. The largest absolute Gasteiger partial charge is 0.508 e. The zero-order valence-electron chi connectivity index (χ0n) is 31.6. The first-order valence-corrected chi connectivity index (χ1v) is 19.7. The fourth-order valence-electron chi connectivity index (χ4n) is 8.95. The molecule has 0 aromatic heterocycles. The molecular formula is C45H47F2N5O4. The van der Waals surface area contributed by atoms with E-state index in [1.807, 2.05) is 18.2 Å². The Labute approximate surface area is 326 Å². The van der Waals surface area contributed by atoms with E-state index in [1.54, 1.807) is 17.0 Å². The highest BCUT2D eigenvalue weighted by Gasteiger charge is 2.42. The monoisotopic (exact) mass is 759 g/mol. The van der Waals surface area contributed by atoms with E-state index < -0.39 is 35.4 Å². The Kier molecular flexibility index (Phi) is 10.6. The molecule has 0 aliphatic carbocycles. The summed E-state index contributed by atoms with van der Waals surface area (Å²) in [7, 11) is 0. The molecule has 0 saturated carbocycles. The van der Waals surface area contributed by atoms with E-state index in [0.29, 0.717) is 32.1 Å². The summed E-state index contributed by atoms with van der Waals surface area (Å²) in [4.78, 5) is 45.0. The summed E-state index contributed by atoms with van der Waals surface area (Å²) in [6, 6.07) is 27.0. The summed E-state index contributed by atoms with van der Waals surface area (Å²) in [6.45, 7) is 7.18. The van der Waals surface area contributed by atoms with Crippen LogP contribution in [0.2, 0.25) is 0 Å². The van der Waals surface area contributed by atoms with E-state index in [9.17, 15) is 19.5 Å². The lowest BCUT2D eigenvalue weighted by atomic mass is 9.88. The van der Waals surface area contributed by atoms with Crippen molar-refractivity contribution in [3.63, 3.8) is 0 Å². The summed E-state index contributed by atoms with van der Waals surface area (Å²) in [5.74, 6) is -2.32. The minimum Gasteiger partial charge on any atom is -0.508 e. The molecule has 4 aliphatic heterocycles. The van der Waals surface area contributed by atoms with Crippen LogP contribution in [0.3, 0.4) is 0 Å². The lowest BCUT2D eigenvalue weighted by Crippen LogP contribution is -2.52. The maximum absolute atomic E-state index is 16.0. The Morgan fingerprint density at radius 2 is 1.45 bits per heavy atom. The summed E-state index contributed by atoms with van der Waals surface area (Å²) in [6.07, 6.45) is 3.23. The lowest BCUT2D eigenvalue weighted by molar-refractivity contribution is -0.136. The van der Waals surface area contributed by atoms with E-state index in [1.165, 1.54) is 21.7 Å². The van der Waals surface area contributed by atoms with Crippen LogP contribution in [0.25, 0.3) is 11.1 Å². The summed E-state index contributed by atoms with van der Waals surface area (Å²) in [5, 5.41) is 12.2. The van der Waals surface area contributed by atoms with Crippen LogP contribution in [0, 0.1) is 17.6 Å². The van der Waals surface area contributed by atoms with Gasteiger partial charge in [-0.15, -0.1) is 0 Å². The second-order valence-corrected chi connectivity index (χ2v) is 15.3. The van der Waals surface area contributed by atoms with Gasteiger partial charge >= 0.3 is 0 Å². The van der Waals surface area contributed by atoms with Gasteiger partial charge < -0.3 is 19.8 Å². The van der Waals surface area contributed by atoms with Gasteiger partial charge in [-0.1, -0.05) is 61.5 Å². The van der Waals surface area contributed by atoms with Gasteiger partial charge in [0.15, 0.2) is 5.82 Å². The molecule has 4 aliphatic rings. The van der Waals surface area contributed by atoms with E-state index in [2.05, 4.69) is 70.6 Å². The number of amides is 3. The van der Waals surface area contributed by atoms with Crippen LogP contribution in [0.5, 0.6) is 5.75 Å². The van der Waals surface area contributed by atoms with Gasteiger partial charge in [-0.05, 0) is 89.8 Å². The van der Waals surface area contributed by atoms with Gasteiger partial charge in [-0.25, -0.2) is 8.78 Å². The number of hydrogen-bond acceptors (Lipinski definition) is 7. The van der Waals surface area contributed by atoms with Crippen molar-refractivity contribution < 1.29 is 28.3 Å². The van der Waals surface area contributed by atoms with Crippen molar-refractivity contribution in [3.8, 4) is 5.75 Å². The molecule has 1 unspecified atom stereocenters. The highest BCUT2D eigenvalue weighted by Crippen LogP contribution is 2.38.